The molecular weight excluding hydrogens is 185 g/mol. The van der Waals surface area contributed by atoms with E-state index in [1.807, 2.05) is 20.2 Å². The lowest BCUT2D eigenvalue weighted by atomic mass is 10.2. The second-order valence-electron chi connectivity index (χ2n) is 2.24. The van der Waals surface area contributed by atoms with Gasteiger partial charge in [0, 0.05) is 24.8 Å². The molecule has 1 aromatic rings. The van der Waals surface area contributed by atoms with Crippen LogP contribution in [-0.2, 0) is 7.05 Å². The van der Waals surface area contributed by atoms with Gasteiger partial charge in [-0.25, -0.2) is 0 Å². The largest absolute Gasteiger partial charge is 0.324 e. The number of halogens is 2. The van der Waals surface area contributed by atoms with E-state index >= 15 is 0 Å². The molecule has 0 fully saturated rings. The summed E-state index contributed by atoms with van der Waals surface area (Å²) in [6.45, 7) is 1.94. The molecule has 2 N–H and O–H groups in total. The summed E-state index contributed by atoms with van der Waals surface area (Å²) < 4.78 is 1.75. The molecule has 0 bridgehead atoms. The standard InChI is InChI=1S/C6H11N3.2ClH/c1-5(7)6-3-8-9(2)4-6;;/h3-5H,7H2,1-2H3;2*1H/t5-;;/m0../s1. The van der Waals surface area contributed by atoms with Gasteiger partial charge in [-0.2, -0.15) is 5.10 Å². The fourth-order valence-corrected chi connectivity index (χ4v) is 0.675. The fraction of sp³-hybridized carbons (Fsp3) is 0.500. The third-order valence-corrected chi connectivity index (χ3v) is 1.25. The van der Waals surface area contributed by atoms with Gasteiger partial charge in [-0.15, -0.1) is 24.8 Å². The molecule has 0 spiro atoms. The minimum absolute atomic E-state index is 0. The van der Waals surface area contributed by atoms with Gasteiger partial charge < -0.3 is 5.73 Å². The highest BCUT2D eigenvalue weighted by Gasteiger charge is 1.98. The minimum Gasteiger partial charge on any atom is -0.324 e. The van der Waals surface area contributed by atoms with Gasteiger partial charge in [-0.1, -0.05) is 0 Å². The van der Waals surface area contributed by atoms with Crippen LogP contribution in [0.2, 0.25) is 0 Å². The quantitative estimate of drug-likeness (QED) is 0.738. The van der Waals surface area contributed by atoms with Gasteiger partial charge in [0.05, 0.1) is 6.20 Å². The van der Waals surface area contributed by atoms with Gasteiger partial charge >= 0.3 is 0 Å². The van der Waals surface area contributed by atoms with Gasteiger partial charge in [0.15, 0.2) is 0 Å². The Morgan fingerprint density at radius 2 is 2.09 bits per heavy atom. The van der Waals surface area contributed by atoms with Crippen molar-refractivity contribution in [3.8, 4) is 0 Å². The van der Waals surface area contributed by atoms with Gasteiger partial charge in [0.2, 0.25) is 0 Å². The fourth-order valence-electron chi connectivity index (χ4n) is 0.675. The molecular formula is C6H13Cl2N3. The Balaban J connectivity index is 0. The maximum Gasteiger partial charge on any atom is 0.0537 e. The van der Waals surface area contributed by atoms with E-state index in [9.17, 15) is 0 Å². The maximum atomic E-state index is 5.57. The number of rotatable bonds is 1. The van der Waals surface area contributed by atoms with Crippen LogP contribution in [0.15, 0.2) is 12.4 Å². The first kappa shape index (κ1) is 13.3. The molecule has 0 saturated carbocycles. The molecule has 11 heavy (non-hydrogen) atoms. The lowest BCUT2D eigenvalue weighted by molar-refractivity contribution is 0.762. The van der Waals surface area contributed by atoms with E-state index in [0.717, 1.165) is 5.56 Å². The van der Waals surface area contributed by atoms with Crippen LogP contribution in [0.1, 0.15) is 18.5 Å². The summed E-state index contributed by atoms with van der Waals surface area (Å²) in [5.74, 6) is 0. The highest BCUT2D eigenvalue weighted by molar-refractivity contribution is 5.85. The number of aryl methyl sites for hydroxylation is 1. The number of nitrogens with two attached hydrogens (primary N) is 1. The van der Waals surface area contributed by atoms with Crippen molar-refractivity contribution < 1.29 is 0 Å². The second kappa shape index (κ2) is 5.41. The average molecular weight is 198 g/mol. The Morgan fingerprint density at radius 3 is 2.27 bits per heavy atom. The zero-order valence-electron chi connectivity index (χ0n) is 6.52. The summed E-state index contributed by atoms with van der Waals surface area (Å²) in [5.41, 5.74) is 6.65. The Morgan fingerprint density at radius 1 is 1.55 bits per heavy atom. The highest BCUT2D eigenvalue weighted by Crippen LogP contribution is 2.05. The van der Waals surface area contributed by atoms with Gasteiger partial charge in [0.25, 0.3) is 0 Å². The normalized spacial score (nSPS) is 11.2. The molecule has 3 nitrogen and oxygen atoms in total. The van der Waals surface area contributed by atoms with Crippen molar-refractivity contribution in [2.45, 2.75) is 13.0 Å². The van der Waals surface area contributed by atoms with Crippen molar-refractivity contribution in [1.29, 1.82) is 0 Å². The van der Waals surface area contributed by atoms with Crippen LogP contribution in [0.5, 0.6) is 0 Å². The SMILES string of the molecule is C[C@H](N)c1cnn(C)c1.Cl.Cl. The Hall–Kier alpha value is -0.250. The van der Waals surface area contributed by atoms with Gasteiger partial charge in [-0.3, -0.25) is 4.68 Å². The number of aromatic nitrogens is 2. The number of hydrogen-bond acceptors (Lipinski definition) is 2. The zero-order valence-corrected chi connectivity index (χ0v) is 8.15. The number of hydrogen-bond donors (Lipinski definition) is 1. The molecule has 1 heterocycles. The summed E-state index contributed by atoms with van der Waals surface area (Å²) in [6.07, 6.45) is 3.70. The summed E-state index contributed by atoms with van der Waals surface area (Å²) in [5, 5.41) is 3.97. The van der Waals surface area contributed by atoms with E-state index in [-0.39, 0.29) is 30.9 Å². The average Bonchev–Trinajstić information content (AvgIpc) is 2.14. The van der Waals surface area contributed by atoms with Crippen molar-refractivity contribution in [2.75, 3.05) is 0 Å². The van der Waals surface area contributed by atoms with Gasteiger partial charge in [0.1, 0.15) is 0 Å². The predicted molar refractivity (Wildman–Crippen MR) is 50.3 cm³/mol. The lowest BCUT2D eigenvalue weighted by Crippen LogP contribution is -2.03. The van der Waals surface area contributed by atoms with Crippen LogP contribution >= 0.6 is 24.8 Å². The molecule has 0 unspecified atom stereocenters. The van der Waals surface area contributed by atoms with Crippen molar-refractivity contribution >= 4 is 24.8 Å². The highest BCUT2D eigenvalue weighted by atomic mass is 35.5. The first-order chi connectivity index (χ1) is 4.20. The lowest BCUT2D eigenvalue weighted by Gasteiger charge is -1.96. The van der Waals surface area contributed by atoms with E-state index in [2.05, 4.69) is 5.10 Å². The third kappa shape index (κ3) is 3.60. The Labute approximate surface area is 78.8 Å². The van der Waals surface area contributed by atoms with Crippen LogP contribution in [0.3, 0.4) is 0 Å². The first-order valence-corrected chi connectivity index (χ1v) is 2.94. The molecule has 1 atom stereocenters. The second-order valence-corrected chi connectivity index (χ2v) is 2.24. The van der Waals surface area contributed by atoms with E-state index in [1.54, 1.807) is 10.9 Å². The molecule has 0 aliphatic carbocycles. The van der Waals surface area contributed by atoms with Crippen molar-refractivity contribution in [2.24, 2.45) is 12.8 Å². The van der Waals surface area contributed by atoms with Crippen LogP contribution in [0, 0.1) is 0 Å². The minimum atomic E-state index is 0. The summed E-state index contributed by atoms with van der Waals surface area (Å²) in [6, 6.07) is 0.0960. The van der Waals surface area contributed by atoms with E-state index in [4.69, 9.17) is 5.73 Å². The Kier molecular flexibility index (Phi) is 6.56. The monoisotopic (exact) mass is 197 g/mol. The van der Waals surface area contributed by atoms with Gasteiger partial charge in [-0.05, 0) is 6.92 Å². The van der Waals surface area contributed by atoms with Crippen LogP contribution < -0.4 is 5.73 Å². The molecule has 5 heteroatoms. The number of nitrogens with zero attached hydrogens (tertiary/aromatic N) is 2. The molecule has 1 aromatic heterocycles. The topological polar surface area (TPSA) is 43.8 Å². The third-order valence-electron chi connectivity index (χ3n) is 1.25. The van der Waals surface area contributed by atoms with Crippen LogP contribution in [0.4, 0.5) is 0 Å². The Bertz CT molecular complexity index is 197. The first-order valence-electron chi connectivity index (χ1n) is 2.94. The van der Waals surface area contributed by atoms with E-state index in [0.29, 0.717) is 0 Å². The van der Waals surface area contributed by atoms with Crippen molar-refractivity contribution in [3.63, 3.8) is 0 Å². The summed E-state index contributed by atoms with van der Waals surface area (Å²) in [7, 11) is 1.88. The molecule has 66 valence electrons. The molecule has 0 radical (unpaired) electrons. The summed E-state index contributed by atoms with van der Waals surface area (Å²) in [4.78, 5) is 0. The predicted octanol–water partition coefficient (Wildman–Crippen LogP) is 1.28. The van der Waals surface area contributed by atoms with E-state index < -0.39 is 0 Å². The molecule has 0 saturated heterocycles. The molecule has 0 aromatic carbocycles. The maximum absolute atomic E-state index is 5.57. The van der Waals surface area contributed by atoms with Crippen molar-refractivity contribution in [1.82, 2.24) is 9.78 Å². The van der Waals surface area contributed by atoms with Crippen LogP contribution in [-0.4, -0.2) is 9.78 Å². The van der Waals surface area contributed by atoms with Crippen molar-refractivity contribution in [3.05, 3.63) is 18.0 Å². The smallest absolute Gasteiger partial charge is 0.0537 e. The van der Waals surface area contributed by atoms with Crippen LogP contribution in [0.25, 0.3) is 0 Å². The molecule has 0 aliphatic rings. The summed E-state index contributed by atoms with van der Waals surface area (Å²) >= 11 is 0. The van der Waals surface area contributed by atoms with E-state index in [1.165, 1.54) is 0 Å². The molecule has 1 rings (SSSR count). The molecule has 0 amide bonds. The zero-order chi connectivity index (χ0) is 6.85. The molecule has 0 aliphatic heterocycles.